The number of anilines is 1. The minimum atomic E-state index is -4.41. The van der Waals surface area contributed by atoms with E-state index in [2.05, 4.69) is 10.2 Å². The fourth-order valence-corrected chi connectivity index (χ4v) is 3.44. The van der Waals surface area contributed by atoms with E-state index in [9.17, 15) is 18.0 Å². The molecule has 156 valence electrons. The van der Waals surface area contributed by atoms with Gasteiger partial charge in [0.1, 0.15) is 0 Å². The molecular weight excluding hydrogens is 395 g/mol. The molecule has 0 saturated carbocycles. The van der Waals surface area contributed by atoms with Gasteiger partial charge in [0.25, 0.3) is 0 Å². The largest absolute Gasteiger partial charge is 0.416 e. The Morgan fingerprint density at radius 1 is 0.900 bits per heavy atom. The third-order valence-electron chi connectivity index (χ3n) is 5.07. The van der Waals surface area contributed by atoms with Crippen molar-refractivity contribution in [1.82, 2.24) is 19.7 Å². The topological polar surface area (TPSA) is 54.3 Å². The molecule has 0 atom stereocenters. The van der Waals surface area contributed by atoms with E-state index in [-0.39, 0.29) is 12.3 Å². The minimum absolute atomic E-state index is 0.0463. The summed E-state index contributed by atoms with van der Waals surface area (Å²) in [5.41, 5.74) is -0.372. The van der Waals surface area contributed by atoms with Gasteiger partial charge >= 0.3 is 6.18 Å². The maximum atomic E-state index is 12.9. The highest BCUT2D eigenvalue weighted by molar-refractivity contribution is 5.79. The summed E-state index contributed by atoms with van der Waals surface area (Å²) < 4.78 is 40.4. The van der Waals surface area contributed by atoms with Crippen LogP contribution in [-0.2, 0) is 17.4 Å². The second kappa shape index (κ2) is 8.17. The van der Waals surface area contributed by atoms with Crippen LogP contribution >= 0.6 is 0 Å². The van der Waals surface area contributed by atoms with E-state index in [0.717, 1.165) is 23.8 Å². The second-order valence-corrected chi connectivity index (χ2v) is 7.08. The number of piperazine rings is 1. The standard InChI is InChI=1S/C21H20F3N5O/c22-21(23,24)17-5-3-4-16(14-17)15-20(30)29-12-10-28(11-13-29)19-7-6-18(25-26-19)27-8-1-2-9-27/h1-9,14H,10-13,15H2. The molecule has 4 rings (SSSR count). The zero-order valence-electron chi connectivity index (χ0n) is 16.1. The van der Waals surface area contributed by atoms with Gasteiger partial charge in [0.15, 0.2) is 11.6 Å². The van der Waals surface area contributed by atoms with E-state index in [1.54, 1.807) is 11.0 Å². The van der Waals surface area contributed by atoms with Gasteiger partial charge in [-0.05, 0) is 35.9 Å². The number of rotatable bonds is 4. The Bertz CT molecular complexity index is 994. The molecule has 1 fully saturated rings. The molecule has 1 amide bonds. The third kappa shape index (κ3) is 4.45. The lowest BCUT2D eigenvalue weighted by molar-refractivity contribution is -0.138. The smallest absolute Gasteiger partial charge is 0.352 e. The zero-order valence-corrected chi connectivity index (χ0v) is 16.1. The Kier molecular flexibility index (Phi) is 5.43. The van der Waals surface area contributed by atoms with Crippen molar-refractivity contribution in [2.45, 2.75) is 12.6 Å². The molecule has 0 aliphatic carbocycles. The molecular formula is C21H20F3N5O. The van der Waals surface area contributed by atoms with Crippen molar-refractivity contribution in [3.05, 3.63) is 72.1 Å². The number of hydrogen-bond donors (Lipinski definition) is 0. The summed E-state index contributed by atoms with van der Waals surface area (Å²) in [7, 11) is 0. The van der Waals surface area contributed by atoms with Crippen molar-refractivity contribution >= 4 is 11.7 Å². The molecule has 0 unspecified atom stereocenters. The first-order valence-electron chi connectivity index (χ1n) is 9.56. The van der Waals surface area contributed by atoms with Gasteiger partial charge in [0.05, 0.1) is 12.0 Å². The molecule has 1 aliphatic rings. The van der Waals surface area contributed by atoms with Crippen LogP contribution in [0.5, 0.6) is 0 Å². The number of nitrogens with zero attached hydrogens (tertiary/aromatic N) is 5. The highest BCUT2D eigenvalue weighted by Crippen LogP contribution is 2.29. The predicted molar refractivity (Wildman–Crippen MR) is 105 cm³/mol. The Balaban J connectivity index is 1.33. The fourth-order valence-electron chi connectivity index (χ4n) is 3.44. The van der Waals surface area contributed by atoms with E-state index in [4.69, 9.17) is 0 Å². The van der Waals surface area contributed by atoms with Gasteiger partial charge in [-0.1, -0.05) is 18.2 Å². The van der Waals surface area contributed by atoms with Crippen molar-refractivity contribution in [3.8, 4) is 5.82 Å². The lowest BCUT2D eigenvalue weighted by atomic mass is 10.1. The van der Waals surface area contributed by atoms with Gasteiger partial charge in [-0.3, -0.25) is 4.79 Å². The van der Waals surface area contributed by atoms with Crippen molar-refractivity contribution in [3.63, 3.8) is 0 Å². The average molecular weight is 415 g/mol. The van der Waals surface area contributed by atoms with E-state index in [0.29, 0.717) is 31.7 Å². The van der Waals surface area contributed by atoms with Crippen LogP contribution in [0.3, 0.4) is 0 Å². The van der Waals surface area contributed by atoms with Gasteiger partial charge in [-0.15, -0.1) is 10.2 Å². The summed E-state index contributed by atoms with van der Waals surface area (Å²) in [6.45, 7) is 2.15. The SMILES string of the molecule is O=C(Cc1cccc(C(F)(F)F)c1)N1CCN(c2ccc(-n3cccc3)nn2)CC1. The van der Waals surface area contributed by atoms with Crippen LogP contribution < -0.4 is 4.90 Å². The van der Waals surface area contributed by atoms with Crippen molar-refractivity contribution in [2.24, 2.45) is 0 Å². The molecule has 6 nitrogen and oxygen atoms in total. The summed E-state index contributed by atoms with van der Waals surface area (Å²) in [6, 6.07) is 12.5. The Morgan fingerprint density at radius 2 is 1.57 bits per heavy atom. The third-order valence-corrected chi connectivity index (χ3v) is 5.07. The van der Waals surface area contributed by atoms with E-state index < -0.39 is 11.7 Å². The normalized spacial score (nSPS) is 14.8. The molecule has 2 aromatic heterocycles. The lowest BCUT2D eigenvalue weighted by Gasteiger charge is -2.35. The molecule has 0 N–H and O–H groups in total. The number of halogens is 3. The van der Waals surface area contributed by atoms with Crippen LogP contribution in [0.15, 0.2) is 60.9 Å². The Hall–Kier alpha value is -3.36. The van der Waals surface area contributed by atoms with Gasteiger partial charge in [-0.25, -0.2) is 0 Å². The quantitative estimate of drug-likeness (QED) is 0.657. The molecule has 3 heterocycles. The van der Waals surface area contributed by atoms with Crippen LogP contribution in [-0.4, -0.2) is 51.8 Å². The average Bonchev–Trinajstić information content (AvgIpc) is 3.28. The van der Waals surface area contributed by atoms with Gasteiger partial charge in [-0.2, -0.15) is 13.2 Å². The molecule has 3 aromatic rings. The first kappa shape index (κ1) is 19.9. The van der Waals surface area contributed by atoms with E-state index in [1.165, 1.54) is 6.07 Å². The molecule has 1 aromatic carbocycles. The maximum absolute atomic E-state index is 12.9. The minimum Gasteiger partial charge on any atom is -0.352 e. The maximum Gasteiger partial charge on any atom is 0.416 e. The first-order chi connectivity index (χ1) is 14.4. The number of amides is 1. The number of benzene rings is 1. The summed E-state index contributed by atoms with van der Waals surface area (Å²) in [6.07, 6.45) is -0.686. The first-order valence-corrected chi connectivity index (χ1v) is 9.56. The van der Waals surface area contributed by atoms with Crippen LogP contribution in [0.2, 0.25) is 0 Å². The molecule has 9 heteroatoms. The van der Waals surface area contributed by atoms with Crippen LogP contribution in [0, 0.1) is 0 Å². The highest BCUT2D eigenvalue weighted by Gasteiger charge is 2.30. The highest BCUT2D eigenvalue weighted by atomic mass is 19.4. The van der Waals surface area contributed by atoms with Crippen LogP contribution in [0.1, 0.15) is 11.1 Å². The predicted octanol–water partition coefficient (Wildman–Crippen LogP) is 3.18. The number of alkyl halides is 3. The fraction of sp³-hybridized carbons (Fsp3) is 0.286. The van der Waals surface area contributed by atoms with Crippen LogP contribution in [0.4, 0.5) is 19.0 Å². The van der Waals surface area contributed by atoms with E-state index in [1.807, 2.05) is 46.1 Å². The molecule has 30 heavy (non-hydrogen) atoms. The van der Waals surface area contributed by atoms with Crippen LogP contribution in [0.25, 0.3) is 5.82 Å². The van der Waals surface area contributed by atoms with E-state index >= 15 is 0 Å². The van der Waals surface area contributed by atoms with Crippen molar-refractivity contribution in [2.75, 3.05) is 31.1 Å². The summed E-state index contributed by atoms with van der Waals surface area (Å²) in [5.74, 6) is 1.28. The Morgan fingerprint density at radius 3 is 2.20 bits per heavy atom. The number of hydrogen-bond acceptors (Lipinski definition) is 4. The van der Waals surface area contributed by atoms with Crippen molar-refractivity contribution < 1.29 is 18.0 Å². The molecule has 0 radical (unpaired) electrons. The molecule has 0 bridgehead atoms. The molecule has 1 aliphatic heterocycles. The van der Waals surface area contributed by atoms with Gasteiger partial charge < -0.3 is 14.4 Å². The number of aromatic nitrogens is 3. The monoisotopic (exact) mass is 415 g/mol. The summed E-state index contributed by atoms with van der Waals surface area (Å²) in [4.78, 5) is 16.3. The second-order valence-electron chi connectivity index (χ2n) is 7.08. The number of carbonyl (C=O) groups is 1. The van der Waals surface area contributed by atoms with Gasteiger partial charge in [0, 0.05) is 38.6 Å². The van der Waals surface area contributed by atoms with Crippen molar-refractivity contribution in [1.29, 1.82) is 0 Å². The summed E-state index contributed by atoms with van der Waals surface area (Å²) in [5, 5.41) is 8.51. The van der Waals surface area contributed by atoms with Gasteiger partial charge in [0.2, 0.25) is 5.91 Å². The number of carbonyl (C=O) groups excluding carboxylic acids is 1. The lowest BCUT2D eigenvalue weighted by Crippen LogP contribution is -2.49. The Labute approximate surface area is 171 Å². The summed E-state index contributed by atoms with van der Waals surface area (Å²) >= 11 is 0. The molecule has 1 saturated heterocycles. The molecule has 0 spiro atoms. The zero-order chi connectivity index (χ0) is 21.1.